The molecule has 3 aliphatic rings. The Morgan fingerprint density at radius 2 is 1.94 bits per heavy atom. The lowest BCUT2D eigenvalue weighted by molar-refractivity contribution is -0.127. The molecule has 1 aliphatic carbocycles. The zero-order chi connectivity index (χ0) is 21.6. The highest BCUT2D eigenvalue weighted by molar-refractivity contribution is 5.85. The van der Waals surface area contributed by atoms with Gasteiger partial charge in [0.2, 0.25) is 5.91 Å². The number of nitrogens with one attached hydrogen (secondary N) is 1. The van der Waals surface area contributed by atoms with Gasteiger partial charge in [-0.2, -0.15) is 0 Å². The van der Waals surface area contributed by atoms with Gasteiger partial charge in [-0.3, -0.25) is 9.69 Å². The number of amides is 1. The second-order valence-electron chi connectivity index (χ2n) is 9.24. The van der Waals surface area contributed by atoms with E-state index in [4.69, 9.17) is 9.73 Å². The van der Waals surface area contributed by atoms with Gasteiger partial charge in [-0.1, -0.05) is 49.6 Å². The molecule has 1 N–H and O–H groups in total. The van der Waals surface area contributed by atoms with Gasteiger partial charge in [0, 0.05) is 46.3 Å². The largest absolute Gasteiger partial charge is 0.373 e. The Morgan fingerprint density at radius 3 is 2.68 bits per heavy atom. The topological polar surface area (TPSA) is 60.4 Å². The molecule has 4 rings (SSSR count). The van der Waals surface area contributed by atoms with Gasteiger partial charge in [0.1, 0.15) is 6.54 Å². The molecule has 2 aliphatic heterocycles. The minimum absolute atomic E-state index is 0.0292. The van der Waals surface area contributed by atoms with Crippen molar-refractivity contribution in [2.75, 3.05) is 46.9 Å². The molecular weight excluding hydrogens is 390 g/mol. The SMILES string of the molecule is CN(C)C(=O)CN=C(NC1CCCCC1)N1CC2OCCN(Cc3ccccc3)C2C1. The lowest BCUT2D eigenvalue weighted by Crippen LogP contribution is -2.50. The summed E-state index contributed by atoms with van der Waals surface area (Å²) in [4.78, 5) is 23.4. The average molecular weight is 428 g/mol. The fourth-order valence-electron chi connectivity index (χ4n) is 4.90. The van der Waals surface area contributed by atoms with E-state index in [1.165, 1.54) is 37.7 Å². The number of likely N-dealkylation sites (tertiary alicyclic amines) is 1. The van der Waals surface area contributed by atoms with Gasteiger partial charge in [-0.25, -0.2) is 4.99 Å². The van der Waals surface area contributed by atoms with Crippen LogP contribution < -0.4 is 5.32 Å². The molecular formula is C24H37N5O2. The Bertz CT molecular complexity index is 748. The molecule has 7 nitrogen and oxygen atoms in total. The molecule has 2 saturated heterocycles. The van der Waals surface area contributed by atoms with Crippen molar-refractivity contribution in [3.8, 4) is 0 Å². The van der Waals surface area contributed by atoms with Gasteiger partial charge in [-0.05, 0) is 18.4 Å². The number of ether oxygens (including phenoxy) is 1. The van der Waals surface area contributed by atoms with E-state index in [0.717, 1.165) is 38.7 Å². The summed E-state index contributed by atoms with van der Waals surface area (Å²) in [7, 11) is 3.57. The van der Waals surface area contributed by atoms with Crippen LogP contribution in [-0.4, -0.2) is 91.6 Å². The van der Waals surface area contributed by atoms with Crippen molar-refractivity contribution in [3.05, 3.63) is 35.9 Å². The highest BCUT2D eigenvalue weighted by Crippen LogP contribution is 2.25. The van der Waals surface area contributed by atoms with Crippen LogP contribution in [0.3, 0.4) is 0 Å². The molecule has 2 heterocycles. The number of benzene rings is 1. The summed E-state index contributed by atoms with van der Waals surface area (Å²) in [5.74, 6) is 0.904. The molecule has 1 amide bonds. The molecule has 31 heavy (non-hydrogen) atoms. The molecule has 1 saturated carbocycles. The van der Waals surface area contributed by atoms with Crippen LogP contribution in [-0.2, 0) is 16.1 Å². The molecule has 1 aromatic carbocycles. The van der Waals surface area contributed by atoms with Crippen LogP contribution in [0.2, 0.25) is 0 Å². The smallest absolute Gasteiger partial charge is 0.243 e. The molecule has 2 unspecified atom stereocenters. The summed E-state index contributed by atoms with van der Waals surface area (Å²) < 4.78 is 6.16. The van der Waals surface area contributed by atoms with Crippen molar-refractivity contribution >= 4 is 11.9 Å². The summed E-state index contributed by atoms with van der Waals surface area (Å²) in [6.45, 7) is 4.55. The van der Waals surface area contributed by atoms with Crippen LogP contribution in [0.4, 0.5) is 0 Å². The van der Waals surface area contributed by atoms with Crippen LogP contribution in [0.1, 0.15) is 37.7 Å². The summed E-state index contributed by atoms with van der Waals surface area (Å²) in [6, 6.07) is 11.5. The van der Waals surface area contributed by atoms with E-state index >= 15 is 0 Å². The molecule has 0 radical (unpaired) electrons. The first kappa shape index (κ1) is 22.1. The van der Waals surface area contributed by atoms with Crippen LogP contribution >= 0.6 is 0 Å². The van der Waals surface area contributed by atoms with Gasteiger partial charge >= 0.3 is 0 Å². The number of aliphatic imine (C=N–C) groups is 1. The standard InChI is InChI=1S/C24H37N5O2/c1-27(2)23(30)15-25-24(26-20-11-7-4-8-12-20)29-17-21-22(18-29)31-14-13-28(21)16-19-9-5-3-6-10-19/h3,5-6,9-10,20-22H,4,7-8,11-18H2,1-2H3,(H,25,26). The first-order valence-corrected chi connectivity index (χ1v) is 11.8. The van der Waals surface area contributed by atoms with E-state index in [-0.39, 0.29) is 18.6 Å². The fourth-order valence-corrected chi connectivity index (χ4v) is 4.90. The number of carbonyl (C=O) groups excluding carboxylic acids is 1. The van der Waals surface area contributed by atoms with E-state index in [2.05, 4.69) is 45.4 Å². The number of nitrogens with zero attached hydrogens (tertiary/aromatic N) is 4. The zero-order valence-electron chi connectivity index (χ0n) is 19.0. The van der Waals surface area contributed by atoms with Gasteiger partial charge in [0.05, 0.1) is 18.8 Å². The molecule has 0 bridgehead atoms. The molecule has 2 atom stereocenters. The number of hydrogen-bond acceptors (Lipinski definition) is 4. The monoisotopic (exact) mass is 427 g/mol. The number of carbonyl (C=O) groups is 1. The summed E-state index contributed by atoms with van der Waals surface area (Å²) >= 11 is 0. The number of fused-ring (bicyclic) bond motifs is 1. The average Bonchev–Trinajstić information content (AvgIpc) is 3.23. The van der Waals surface area contributed by atoms with Crippen molar-refractivity contribution in [2.45, 2.75) is 56.8 Å². The predicted molar refractivity (Wildman–Crippen MR) is 123 cm³/mol. The lowest BCUT2D eigenvalue weighted by Gasteiger charge is -2.36. The van der Waals surface area contributed by atoms with E-state index in [1.807, 2.05) is 0 Å². The number of hydrogen-bond donors (Lipinski definition) is 1. The number of likely N-dealkylation sites (N-methyl/N-ethyl adjacent to an activating group) is 1. The Hall–Kier alpha value is -2.12. The maximum Gasteiger partial charge on any atom is 0.243 e. The normalized spacial score (nSPS) is 25.4. The minimum atomic E-state index is 0.0292. The number of guanidine groups is 1. The van der Waals surface area contributed by atoms with Gasteiger partial charge < -0.3 is 19.9 Å². The number of rotatable bonds is 5. The van der Waals surface area contributed by atoms with Gasteiger partial charge in [0.15, 0.2) is 5.96 Å². The first-order valence-electron chi connectivity index (χ1n) is 11.8. The first-order chi connectivity index (χ1) is 15.1. The highest BCUT2D eigenvalue weighted by Gasteiger charge is 2.41. The molecule has 0 spiro atoms. The predicted octanol–water partition coefficient (Wildman–Crippen LogP) is 1.94. The van der Waals surface area contributed by atoms with E-state index in [0.29, 0.717) is 12.1 Å². The maximum absolute atomic E-state index is 12.2. The Morgan fingerprint density at radius 1 is 1.16 bits per heavy atom. The molecule has 3 fully saturated rings. The van der Waals surface area contributed by atoms with E-state index in [9.17, 15) is 4.79 Å². The van der Waals surface area contributed by atoms with E-state index < -0.39 is 0 Å². The van der Waals surface area contributed by atoms with Crippen molar-refractivity contribution in [1.82, 2.24) is 20.0 Å². The van der Waals surface area contributed by atoms with Gasteiger partial charge in [-0.15, -0.1) is 0 Å². The number of morpholine rings is 1. The second-order valence-corrected chi connectivity index (χ2v) is 9.24. The summed E-state index contributed by atoms with van der Waals surface area (Å²) in [6.07, 6.45) is 6.39. The van der Waals surface area contributed by atoms with E-state index in [1.54, 1.807) is 19.0 Å². The Balaban J connectivity index is 1.46. The zero-order valence-corrected chi connectivity index (χ0v) is 19.0. The van der Waals surface area contributed by atoms with Gasteiger partial charge in [0.25, 0.3) is 0 Å². The minimum Gasteiger partial charge on any atom is -0.373 e. The second kappa shape index (κ2) is 10.5. The quantitative estimate of drug-likeness (QED) is 0.575. The van der Waals surface area contributed by atoms with Crippen LogP contribution in [0.25, 0.3) is 0 Å². The molecule has 170 valence electrons. The molecule has 7 heteroatoms. The van der Waals surface area contributed by atoms with Crippen molar-refractivity contribution in [2.24, 2.45) is 4.99 Å². The van der Waals surface area contributed by atoms with Crippen molar-refractivity contribution in [1.29, 1.82) is 0 Å². The molecule has 0 aromatic heterocycles. The van der Waals surface area contributed by atoms with Crippen molar-refractivity contribution < 1.29 is 9.53 Å². The highest BCUT2D eigenvalue weighted by atomic mass is 16.5. The van der Waals surface area contributed by atoms with Crippen LogP contribution in [0.15, 0.2) is 35.3 Å². The Labute approximate surface area is 186 Å². The maximum atomic E-state index is 12.2. The fraction of sp³-hybridized carbons (Fsp3) is 0.667. The lowest BCUT2D eigenvalue weighted by atomic mass is 9.96. The Kier molecular flexibility index (Phi) is 7.45. The third-order valence-electron chi connectivity index (χ3n) is 6.75. The molecule has 1 aromatic rings. The third kappa shape index (κ3) is 5.77. The summed E-state index contributed by atoms with van der Waals surface area (Å²) in [5, 5.41) is 3.70. The van der Waals surface area contributed by atoms with Crippen LogP contribution in [0, 0.1) is 0 Å². The third-order valence-corrected chi connectivity index (χ3v) is 6.75. The summed E-state index contributed by atoms with van der Waals surface area (Å²) in [5.41, 5.74) is 1.34. The van der Waals surface area contributed by atoms with Crippen molar-refractivity contribution in [3.63, 3.8) is 0 Å². The van der Waals surface area contributed by atoms with Crippen LogP contribution in [0.5, 0.6) is 0 Å².